The number of halogens is 3. The summed E-state index contributed by atoms with van der Waals surface area (Å²) in [5.41, 5.74) is 0.230. The van der Waals surface area contributed by atoms with Crippen LogP contribution in [0.1, 0.15) is 69.1 Å². The summed E-state index contributed by atoms with van der Waals surface area (Å²) in [5.74, 6) is 0.327. The fourth-order valence-electron chi connectivity index (χ4n) is 5.95. The highest BCUT2D eigenvalue weighted by molar-refractivity contribution is 5.81. The number of hydrogen-bond donors (Lipinski definition) is 1. The SMILES string of the molecule is CC(C)c1c(CC2CC3(C2)CN(C(=O)C2CC(C)(O)C2)C3)cccc1C(F)(F)F. The van der Waals surface area contributed by atoms with Crippen molar-refractivity contribution in [2.24, 2.45) is 17.3 Å². The summed E-state index contributed by atoms with van der Waals surface area (Å²) in [6.07, 6.45) is -0.590. The van der Waals surface area contributed by atoms with Crippen molar-refractivity contribution in [2.45, 2.75) is 70.6 Å². The molecule has 29 heavy (non-hydrogen) atoms. The monoisotopic (exact) mass is 409 g/mol. The van der Waals surface area contributed by atoms with Crippen LogP contribution in [-0.4, -0.2) is 34.6 Å². The first-order chi connectivity index (χ1) is 13.4. The second-order valence-corrected chi connectivity index (χ2v) is 10.3. The highest BCUT2D eigenvalue weighted by atomic mass is 19.4. The van der Waals surface area contributed by atoms with E-state index < -0.39 is 17.3 Å². The van der Waals surface area contributed by atoms with Crippen LogP contribution in [-0.2, 0) is 17.4 Å². The van der Waals surface area contributed by atoms with Gasteiger partial charge in [0.15, 0.2) is 0 Å². The van der Waals surface area contributed by atoms with Gasteiger partial charge in [0.05, 0.1) is 11.2 Å². The van der Waals surface area contributed by atoms with Gasteiger partial charge in [0, 0.05) is 24.4 Å². The van der Waals surface area contributed by atoms with Gasteiger partial charge < -0.3 is 10.0 Å². The van der Waals surface area contributed by atoms with Crippen molar-refractivity contribution < 1.29 is 23.1 Å². The molecule has 1 heterocycles. The average molecular weight is 409 g/mol. The Morgan fingerprint density at radius 1 is 1.21 bits per heavy atom. The summed E-state index contributed by atoms with van der Waals surface area (Å²) >= 11 is 0. The highest BCUT2D eigenvalue weighted by Gasteiger charge is 2.55. The third-order valence-electron chi connectivity index (χ3n) is 7.12. The number of hydrogen-bond acceptors (Lipinski definition) is 2. The molecule has 160 valence electrons. The predicted octanol–water partition coefficient (Wildman–Crippen LogP) is 4.77. The van der Waals surface area contributed by atoms with Crippen LogP contribution in [0, 0.1) is 17.3 Å². The number of alkyl halides is 3. The summed E-state index contributed by atoms with van der Waals surface area (Å²) in [5, 5.41) is 9.83. The third-order valence-corrected chi connectivity index (χ3v) is 7.12. The molecule has 1 aromatic carbocycles. The van der Waals surface area contributed by atoms with Crippen LogP contribution in [0.15, 0.2) is 18.2 Å². The molecule has 1 aliphatic heterocycles. The number of benzene rings is 1. The number of rotatable bonds is 4. The Balaban J connectivity index is 1.34. The molecule has 6 heteroatoms. The topological polar surface area (TPSA) is 40.5 Å². The van der Waals surface area contributed by atoms with Crippen LogP contribution in [0.5, 0.6) is 0 Å². The Hall–Kier alpha value is -1.56. The lowest BCUT2D eigenvalue weighted by atomic mass is 9.56. The maximum Gasteiger partial charge on any atom is 0.416 e. The van der Waals surface area contributed by atoms with Crippen molar-refractivity contribution in [3.8, 4) is 0 Å². The molecule has 0 bridgehead atoms. The first kappa shape index (κ1) is 20.7. The lowest BCUT2D eigenvalue weighted by Gasteiger charge is -2.60. The largest absolute Gasteiger partial charge is 0.416 e. The van der Waals surface area contributed by atoms with E-state index in [1.165, 1.54) is 12.1 Å². The maximum absolute atomic E-state index is 13.4. The average Bonchev–Trinajstić information content (AvgIpc) is 2.51. The molecular weight excluding hydrogens is 379 g/mol. The van der Waals surface area contributed by atoms with E-state index in [9.17, 15) is 23.1 Å². The first-order valence-electron chi connectivity index (χ1n) is 10.6. The van der Waals surface area contributed by atoms with Crippen LogP contribution in [0.25, 0.3) is 0 Å². The minimum Gasteiger partial charge on any atom is -0.390 e. The first-order valence-corrected chi connectivity index (χ1v) is 10.6. The van der Waals surface area contributed by atoms with Crippen LogP contribution in [0.2, 0.25) is 0 Å². The Kier molecular flexibility index (Phi) is 4.80. The van der Waals surface area contributed by atoms with Crippen molar-refractivity contribution in [2.75, 3.05) is 13.1 Å². The van der Waals surface area contributed by atoms with Crippen LogP contribution < -0.4 is 0 Å². The van der Waals surface area contributed by atoms with Gasteiger partial charge in [0.1, 0.15) is 0 Å². The van der Waals surface area contributed by atoms with Gasteiger partial charge in [-0.15, -0.1) is 0 Å². The minimum atomic E-state index is -4.32. The second kappa shape index (κ2) is 6.73. The van der Waals surface area contributed by atoms with Crippen LogP contribution >= 0.6 is 0 Å². The molecule has 0 radical (unpaired) electrons. The lowest BCUT2D eigenvalue weighted by Crippen LogP contribution is -2.66. The zero-order valence-electron chi connectivity index (χ0n) is 17.4. The second-order valence-electron chi connectivity index (χ2n) is 10.3. The van der Waals surface area contributed by atoms with E-state index in [2.05, 4.69) is 0 Å². The molecule has 1 amide bonds. The van der Waals surface area contributed by atoms with Crippen molar-refractivity contribution in [3.63, 3.8) is 0 Å². The molecule has 3 fully saturated rings. The van der Waals surface area contributed by atoms with E-state index >= 15 is 0 Å². The van der Waals surface area contributed by atoms with Crippen molar-refractivity contribution >= 4 is 5.91 Å². The van der Waals surface area contributed by atoms with Gasteiger partial charge in [-0.25, -0.2) is 0 Å². The van der Waals surface area contributed by atoms with Crippen molar-refractivity contribution in [1.29, 1.82) is 0 Å². The Morgan fingerprint density at radius 2 is 1.83 bits per heavy atom. The summed E-state index contributed by atoms with van der Waals surface area (Å²) in [4.78, 5) is 14.4. The van der Waals surface area contributed by atoms with Gasteiger partial charge in [-0.3, -0.25) is 4.79 Å². The standard InChI is InChI=1S/C23H30F3NO2/c1-14(2)19-16(5-4-6-18(19)23(24,25)26)7-15-8-22(9-15)12-27(13-22)20(28)17-10-21(3,29)11-17/h4-6,14-15,17,29H,7-13H2,1-3H3. The maximum atomic E-state index is 13.4. The fraction of sp³-hybridized carbons (Fsp3) is 0.696. The quantitative estimate of drug-likeness (QED) is 0.778. The smallest absolute Gasteiger partial charge is 0.390 e. The molecule has 2 aliphatic carbocycles. The third kappa shape index (κ3) is 3.80. The molecule has 1 N–H and O–H groups in total. The fourth-order valence-corrected chi connectivity index (χ4v) is 5.95. The molecule has 3 aliphatic rings. The van der Waals surface area contributed by atoms with Gasteiger partial charge in [-0.05, 0) is 68.1 Å². The normalized spacial score (nSPS) is 28.8. The molecular formula is C23H30F3NO2. The molecule has 0 aromatic heterocycles. The number of carbonyl (C=O) groups excluding carboxylic acids is 1. The molecule has 1 saturated heterocycles. The summed E-state index contributed by atoms with van der Waals surface area (Å²) in [7, 11) is 0. The molecule has 2 saturated carbocycles. The zero-order chi connectivity index (χ0) is 21.2. The van der Waals surface area contributed by atoms with Crippen LogP contribution in [0.4, 0.5) is 13.2 Å². The van der Waals surface area contributed by atoms with E-state index in [1.54, 1.807) is 6.92 Å². The molecule has 3 nitrogen and oxygen atoms in total. The summed E-state index contributed by atoms with van der Waals surface area (Å²) in [6, 6.07) is 4.55. The molecule has 1 aromatic rings. The van der Waals surface area contributed by atoms with Gasteiger partial charge >= 0.3 is 6.18 Å². The van der Waals surface area contributed by atoms with E-state index in [-0.39, 0.29) is 23.2 Å². The Morgan fingerprint density at radius 3 is 2.34 bits per heavy atom. The Bertz CT molecular complexity index is 793. The lowest BCUT2D eigenvalue weighted by molar-refractivity contribution is -0.171. The van der Waals surface area contributed by atoms with Gasteiger partial charge in [-0.2, -0.15) is 13.2 Å². The minimum absolute atomic E-state index is 0.0445. The zero-order valence-corrected chi connectivity index (χ0v) is 17.4. The molecule has 4 rings (SSSR count). The number of amides is 1. The molecule has 0 atom stereocenters. The highest BCUT2D eigenvalue weighted by Crippen LogP contribution is 2.54. The van der Waals surface area contributed by atoms with E-state index in [0.29, 0.717) is 30.7 Å². The van der Waals surface area contributed by atoms with Gasteiger partial charge in [0.25, 0.3) is 0 Å². The number of nitrogens with zero attached hydrogens (tertiary/aromatic N) is 1. The van der Waals surface area contributed by atoms with E-state index in [1.807, 2.05) is 24.8 Å². The van der Waals surface area contributed by atoms with E-state index in [4.69, 9.17) is 0 Å². The number of carbonyl (C=O) groups is 1. The van der Waals surface area contributed by atoms with Crippen LogP contribution in [0.3, 0.4) is 0 Å². The van der Waals surface area contributed by atoms with Crippen molar-refractivity contribution in [1.82, 2.24) is 4.90 Å². The number of likely N-dealkylation sites (tertiary alicyclic amines) is 1. The number of aliphatic hydroxyl groups is 1. The predicted molar refractivity (Wildman–Crippen MR) is 104 cm³/mol. The summed E-state index contributed by atoms with van der Waals surface area (Å²) < 4.78 is 40.3. The van der Waals surface area contributed by atoms with Gasteiger partial charge in [-0.1, -0.05) is 26.0 Å². The molecule has 0 unspecified atom stereocenters. The van der Waals surface area contributed by atoms with Gasteiger partial charge in [0.2, 0.25) is 5.91 Å². The Labute approximate surface area is 170 Å². The van der Waals surface area contributed by atoms with Crippen molar-refractivity contribution in [3.05, 3.63) is 34.9 Å². The molecule has 1 spiro atoms. The summed E-state index contributed by atoms with van der Waals surface area (Å²) in [6.45, 7) is 6.94. The van der Waals surface area contributed by atoms with E-state index in [0.717, 1.165) is 31.5 Å².